The molecule has 0 radical (unpaired) electrons. The van der Waals surface area contributed by atoms with Crippen molar-refractivity contribution < 1.29 is 18.0 Å². The maximum Gasteiger partial charge on any atom is 0.417 e. The number of halogens is 3. The fourth-order valence-corrected chi connectivity index (χ4v) is 4.00. The standard InChI is InChI=1S/C20H20F3N5O/c21-20(22,23)15-8-9-16-25-26-19(28(16)12-15)14-7-4-10-27(11-14)17(18(24)29)13-5-2-1-3-6-13/h1-3,5-6,8-9,12,14,17H,4,7,10-11H2,(H2,24,29). The molecule has 152 valence electrons. The molecule has 0 bridgehead atoms. The summed E-state index contributed by atoms with van der Waals surface area (Å²) < 4.78 is 40.8. The van der Waals surface area contributed by atoms with Crippen LogP contribution in [0.3, 0.4) is 0 Å². The number of primary amides is 1. The second-order valence-electron chi connectivity index (χ2n) is 7.25. The average Bonchev–Trinajstić information content (AvgIpc) is 3.11. The van der Waals surface area contributed by atoms with Crippen LogP contribution in [0, 0.1) is 0 Å². The molecule has 1 saturated heterocycles. The molecule has 0 aliphatic carbocycles. The van der Waals surface area contributed by atoms with E-state index in [1.54, 1.807) is 0 Å². The van der Waals surface area contributed by atoms with E-state index in [0.29, 0.717) is 24.6 Å². The highest BCUT2D eigenvalue weighted by atomic mass is 19.4. The molecule has 4 rings (SSSR count). The number of carbonyl (C=O) groups is 1. The van der Waals surface area contributed by atoms with Gasteiger partial charge >= 0.3 is 6.18 Å². The second-order valence-corrected chi connectivity index (χ2v) is 7.25. The summed E-state index contributed by atoms with van der Waals surface area (Å²) in [5.74, 6) is -0.151. The van der Waals surface area contributed by atoms with Crippen LogP contribution in [0.4, 0.5) is 13.2 Å². The van der Waals surface area contributed by atoms with Crippen molar-refractivity contribution in [1.29, 1.82) is 0 Å². The van der Waals surface area contributed by atoms with Crippen LogP contribution in [-0.4, -0.2) is 38.5 Å². The molecule has 29 heavy (non-hydrogen) atoms. The number of likely N-dealkylation sites (tertiary alicyclic amines) is 1. The Balaban J connectivity index is 1.65. The van der Waals surface area contributed by atoms with Crippen molar-refractivity contribution in [3.8, 4) is 0 Å². The summed E-state index contributed by atoms with van der Waals surface area (Å²) >= 11 is 0. The van der Waals surface area contributed by atoms with Gasteiger partial charge in [-0.2, -0.15) is 13.2 Å². The molecule has 2 atom stereocenters. The Morgan fingerprint density at radius 3 is 2.59 bits per heavy atom. The van der Waals surface area contributed by atoms with E-state index in [9.17, 15) is 18.0 Å². The lowest BCUT2D eigenvalue weighted by Crippen LogP contribution is -2.43. The Bertz CT molecular complexity index is 1020. The molecule has 1 amide bonds. The van der Waals surface area contributed by atoms with Crippen LogP contribution < -0.4 is 5.73 Å². The molecule has 2 unspecified atom stereocenters. The Kier molecular flexibility index (Phi) is 4.99. The van der Waals surface area contributed by atoms with Crippen LogP contribution in [-0.2, 0) is 11.0 Å². The maximum absolute atomic E-state index is 13.1. The maximum atomic E-state index is 13.1. The minimum atomic E-state index is -4.45. The van der Waals surface area contributed by atoms with Gasteiger partial charge in [0.25, 0.3) is 0 Å². The molecular weight excluding hydrogens is 383 g/mol. The van der Waals surface area contributed by atoms with Gasteiger partial charge in [-0.05, 0) is 37.1 Å². The smallest absolute Gasteiger partial charge is 0.368 e. The number of pyridine rings is 1. The number of nitrogens with zero attached hydrogens (tertiary/aromatic N) is 4. The van der Waals surface area contributed by atoms with Gasteiger partial charge < -0.3 is 5.73 Å². The first-order valence-electron chi connectivity index (χ1n) is 9.35. The number of hydrogen-bond acceptors (Lipinski definition) is 4. The molecule has 1 aliphatic heterocycles. The number of benzene rings is 1. The molecule has 0 spiro atoms. The predicted octanol–water partition coefficient (Wildman–Crippen LogP) is 3.15. The number of amides is 1. The molecule has 9 heteroatoms. The highest BCUT2D eigenvalue weighted by molar-refractivity contribution is 5.81. The molecule has 1 fully saturated rings. The van der Waals surface area contributed by atoms with E-state index in [4.69, 9.17) is 5.73 Å². The first kappa shape index (κ1) is 19.4. The lowest BCUT2D eigenvalue weighted by molar-refractivity contribution is -0.137. The molecule has 1 aliphatic rings. The van der Waals surface area contributed by atoms with E-state index < -0.39 is 23.7 Å². The molecule has 0 saturated carbocycles. The Hall–Kier alpha value is -2.94. The normalized spacial score (nSPS) is 19.3. The lowest BCUT2D eigenvalue weighted by atomic mass is 9.93. The first-order chi connectivity index (χ1) is 13.8. The summed E-state index contributed by atoms with van der Waals surface area (Å²) in [4.78, 5) is 14.2. The number of carbonyl (C=O) groups excluding carboxylic acids is 1. The van der Waals surface area contributed by atoms with Crippen molar-refractivity contribution >= 4 is 11.6 Å². The van der Waals surface area contributed by atoms with Gasteiger partial charge in [0.05, 0.1) is 5.56 Å². The van der Waals surface area contributed by atoms with Crippen LogP contribution in [0.15, 0.2) is 48.7 Å². The number of rotatable bonds is 4. The summed E-state index contributed by atoms with van der Waals surface area (Å²) in [5, 5.41) is 8.17. The van der Waals surface area contributed by atoms with Gasteiger partial charge in [0.15, 0.2) is 5.65 Å². The third-order valence-corrected chi connectivity index (χ3v) is 5.32. The summed E-state index contributed by atoms with van der Waals surface area (Å²) in [7, 11) is 0. The Labute approximate surface area is 165 Å². The average molecular weight is 403 g/mol. The van der Waals surface area contributed by atoms with Crippen LogP contribution >= 0.6 is 0 Å². The summed E-state index contributed by atoms with van der Waals surface area (Å²) in [5.41, 5.74) is 6.09. The highest BCUT2D eigenvalue weighted by Gasteiger charge is 2.34. The van der Waals surface area contributed by atoms with E-state index in [-0.39, 0.29) is 5.92 Å². The van der Waals surface area contributed by atoms with Crippen LogP contribution in [0.1, 0.15) is 41.8 Å². The molecule has 2 aromatic heterocycles. The fraction of sp³-hybridized carbons (Fsp3) is 0.350. The van der Waals surface area contributed by atoms with Gasteiger partial charge in [-0.25, -0.2) is 0 Å². The largest absolute Gasteiger partial charge is 0.417 e. The number of nitrogens with two attached hydrogens (primary N) is 1. The minimum Gasteiger partial charge on any atom is -0.368 e. The number of hydrogen-bond donors (Lipinski definition) is 1. The third kappa shape index (κ3) is 3.82. The van der Waals surface area contributed by atoms with Gasteiger partial charge in [-0.1, -0.05) is 30.3 Å². The zero-order valence-corrected chi connectivity index (χ0v) is 15.5. The van der Waals surface area contributed by atoms with Gasteiger partial charge in [-0.15, -0.1) is 10.2 Å². The van der Waals surface area contributed by atoms with Gasteiger partial charge in [-0.3, -0.25) is 14.1 Å². The summed E-state index contributed by atoms with van der Waals surface area (Å²) in [6.07, 6.45) is -1.89. The molecule has 2 N–H and O–H groups in total. The van der Waals surface area contributed by atoms with Crippen molar-refractivity contribution in [2.45, 2.75) is 31.0 Å². The van der Waals surface area contributed by atoms with E-state index in [2.05, 4.69) is 10.2 Å². The van der Waals surface area contributed by atoms with E-state index >= 15 is 0 Å². The number of fused-ring (bicyclic) bond motifs is 1. The lowest BCUT2D eigenvalue weighted by Gasteiger charge is -2.36. The molecule has 3 aromatic rings. The van der Waals surface area contributed by atoms with Gasteiger partial charge in [0.2, 0.25) is 5.91 Å². The van der Waals surface area contributed by atoms with Crippen LogP contribution in [0.2, 0.25) is 0 Å². The predicted molar refractivity (Wildman–Crippen MR) is 99.9 cm³/mol. The minimum absolute atomic E-state index is 0.159. The zero-order valence-electron chi connectivity index (χ0n) is 15.5. The topological polar surface area (TPSA) is 76.5 Å². The Morgan fingerprint density at radius 2 is 1.90 bits per heavy atom. The van der Waals surface area contributed by atoms with E-state index in [0.717, 1.165) is 30.7 Å². The number of piperidine rings is 1. The molecule has 3 heterocycles. The monoisotopic (exact) mass is 403 g/mol. The molecule has 6 nitrogen and oxygen atoms in total. The van der Waals surface area contributed by atoms with Crippen molar-refractivity contribution in [2.24, 2.45) is 5.73 Å². The van der Waals surface area contributed by atoms with Crippen LogP contribution in [0.5, 0.6) is 0 Å². The first-order valence-corrected chi connectivity index (χ1v) is 9.35. The summed E-state index contributed by atoms with van der Waals surface area (Å²) in [6, 6.07) is 11.0. The van der Waals surface area contributed by atoms with Crippen molar-refractivity contribution in [3.63, 3.8) is 0 Å². The van der Waals surface area contributed by atoms with Crippen molar-refractivity contribution in [3.05, 3.63) is 65.6 Å². The second kappa shape index (κ2) is 7.47. The molecular formula is C20H20F3N5O. The molecule has 1 aromatic carbocycles. The quantitative estimate of drug-likeness (QED) is 0.726. The van der Waals surface area contributed by atoms with E-state index in [1.807, 2.05) is 35.2 Å². The zero-order chi connectivity index (χ0) is 20.6. The van der Waals surface area contributed by atoms with Crippen molar-refractivity contribution in [1.82, 2.24) is 19.5 Å². The SMILES string of the molecule is NC(=O)C(c1ccccc1)N1CCCC(c2nnc3ccc(C(F)(F)F)cn23)C1. The van der Waals surface area contributed by atoms with E-state index in [1.165, 1.54) is 10.5 Å². The Morgan fingerprint density at radius 1 is 1.14 bits per heavy atom. The highest BCUT2D eigenvalue weighted by Crippen LogP contribution is 2.33. The van der Waals surface area contributed by atoms with Gasteiger partial charge in [0.1, 0.15) is 11.9 Å². The number of aromatic nitrogens is 3. The summed E-state index contributed by atoms with van der Waals surface area (Å²) in [6.45, 7) is 1.13. The number of alkyl halides is 3. The fourth-order valence-electron chi connectivity index (χ4n) is 4.00. The van der Waals surface area contributed by atoms with Crippen molar-refractivity contribution in [2.75, 3.05) is 13.1 Å². The van der Waals surface area contributed by atoms with Gasteiger partial charge in [0, 0.05) is 18.7 Å². The third-order valence-electron chi connectivity index (χ3n) is 5.32. The van der Waals surface area contributed by atoms with Crippen LogP contribution in [0.25, 0.3) is 5.65 Å².